The van der Waals surface area contributed by atoms with Crippen LogP contribution in [0.5, 0.6) is 0 Å². The molecule has 1 amide bonds. The van der Waals surface area contributed by atoms with Gasteiger partial charge in [0, 0.05) is 0 Å². The van der Waals surface area contributed by atoms with Crippen molar-refractivity contribution < 1.29 is 4.79 Å². The number of amides is 1. The Labute approximate surface area is 91.8 Å². The van der Waals surface area contributed by atoms with Crippen molar-refractivity contribution in [2.45, 2.75) is 57.0 Å². The van der Waals surface area contributed by atoms with E-state index in [1.807, 2.05) is 6.92 Å². The van der Waals surface area contributed by atoms with Crippen molar-refractivity contribution in [2.75, 3.05) is 0 Å². The standard InChI is InChI=1S/C12H20N2O/c1-3-7-10(4-2)14-11(15)12(13)8-5-6-9-12/h2,10H,3,5-9,13H2,1H3,(H,14,15). The lowest BCUT2D eigenvalue weighted by atomic mass is 9.97. The maximum absolute atomic E-state index is 11.9. The third-order valence-corrected chi connectivity index (χ3v) is 3.03. The fourth-order valence-corrected chi connectivity index (χ4v) is 2.02. The van der Waals surface area contributed by atoms with Crippen molar-refractivity contribution in [1.29, 1.82) is 0 Å². The van der Waals surface area contributed by atoms with Crippen LogP contribution in [0.25, 0.3) is 0 Å². The van der Waals surface area contributed by atoms with E-state index in [9.17, 15) is 4.79 Å². The van der Waals surface area contributed by atoms with E-state index in [1.54, 1.807) is 0 Å². The Hall–Kier alpha value is -1.01. The van der Waals surface area contributed by atoms with E-state index in [2.05, 4.69) is 11.2 Å². The zero-order valence-corrected chi connectivity index (χ0v) is 9.38. The molecule has 0 saturated heterocycles. The van der Waals surface area contributed by atoms with Gasteiger partial charge in [-0.2, -0.15) is 0 Å². The third kappa shape index (κ3) is 2.97. The molecule has 0 aromatic rings. The smallest absolute Gasteiger partial charge is 0.241 e. The van der Waals surface area contributed by atoms with E-state index in [1.165, 1.54) is 0 Å². The number of nitrogens with two attached hydrogens (primary N) is 1. The first-order valence-corrected chi connectivity index (χ1v) is 5.68. The minimum atomic E-state index is -0.664. The average molecular weight is 208 g/mol. The minimum Gasteiger partial charge on any atom is -0.341 e. The van der Waals surface area contributed by atoms with Gasteiger partial charge in [-0.05, 0) is 19.3 Å². The highest BCUT2D eigenvalue weighted by Crippen LogP contribution is 2.27. The maximum atomic E-state index is 11.9. The molecule has 0 heterocycles. The molecule has 15 heavy (non-hydrogen) atoms. The van der Waals surface area contributed by atoms with E-state index in [0.717, 1.165) is 38.5 Å². The van der Waals surface area contributed by atoms with Gasteiger partial charge in [-0.25, -0.2) is 0 Å². The molecular formula is C12H20N2O. The fourth-order valence-electron chi connectivity index (χ4n) is 2.02. The van der Waals surface area contributed by atoms with Crippen LogP contribution in [0.4, 0.5) is 0 Å². The van der Waals surface area contributed by atoms with Crippen molar-refractivity contribution in [3.8, 4) is 12.3 Å². The van der Waals surface area contributed by atoms with Crippen LogP contribution in [0.3, 0.4) is 0 Å². The van der Waals surface area contributed by atoms with Gasteiger partial charge < -0.3 is 11.1 Å². The molecule has 0 aromatic heterocycles. The second-order valence-electron chi connectivity index (χ2n) is 4.34. The Bertz CT molecular complexity index is 261. The van der Waals surface area contributed by atoms with E-state index in [-0.39, 0.29) is 11.9 Å². The number of hydrogen-bond donors (Lipinski definition) is 2. The van der Waals surface area contributed by atoms with Crippen molar-refractivity contribution in [2.24, 2.45) is 5.73 Å². The molecule has 3 N–H and O–H groups in total. The van der Waals surface area contributed by atoms with E-state index in [0.29, 0.717) is 0 Å². The molecule has 0 radical (unpaired) electrons. The highest BCUT2D eigenvalue weighted by Gasteiger charge is 2.37. The zero-order valence-electron chi connectivity index (χ0n) is 9.38. The molecule has 0 aliphatic heterocycles. The topological polar surface area (TPSA) is 55.1 Å². The molecule has 0 bridgehead atoms. The van der Waals surface area contributed by atoms with Gasteiger partial charge in [0.15, 0.2) is 0 Å². The first-order chi connectivity index (χ1) is 7.12. The van der Waals surface area contributed by atoms with Gasteiger partial charge in [0.25, 0.3) is 0 Å². The monoisotopic (exact) mass is 208 g/mol. The summed E-state index contributed by atoms with van der Waals surface area (Å²) in [6.07, 6.45) is 10.8. The average Bonchev–Trinajstić information content (AvgIpc) is 2.65. The Balaban J connectivity index is 2.50. The lowest BCUT2D eigenvalue weighted by Crippen LogP contribution is -2.54. The van der Waals surface area contributed by atoms with Crippen molar-refractivity contribution in [1.82, 2.24) is 5.32 Å². The summed E-state index contributed by atoms with van der Waals surface area (Å²) in [5.41, 5.74) is 5.36. The van der Waals surface area contributed by atoms with Crippen LogP contribution < -0.4 is 11.1 Å². The van der Waals surface area contributed by atoms with E-state index in [4.69, 9.17) is 12.2 Å². The van der Waals surface area contributed by atoms with Crippen LogP contribution in [0.1, 0.15) is 45.4 Å². The SMILES string of the molecule is C#CC(CCC)NC(=O)C1(N)CCCC1. The molecule has 0 spiro atoms. The third-order valence-electron chi connectivity index (χ3n) is 3.03. The summed E-state index contributed by atoms with van der Waals surface area (Å²) >= 11 is 0. The quantitative estimate of drug-likeness (QED) is 0.681. The van der Waals surface area contributed by atoms with Crippen molar-refractivity contribution in [3.63, 3.8) is 0 Å². The summed E-state index contributed by atoms with van der Waals surface area (Å²) < 4.78 is 0. The maximum Gasteiger partial charge on any atom is 0.241 e. The van der Waals surface area contributed by atoms with Crippen molar-refractivity contribution >= 4 is 5.91 Å². The number of rotatable bonds is 4. The zero-order chi connectivity index (χ0) is 11.3. The van der Waals surface area contributed by atoms with Crippen molar-refractivity contribution in [3.05, 3.63) is 0 Å². The van der Waals surface area contributed by atoms with Crippen LogP contribution in [0.15, 0.2) is 0 Å². The predicted molar refractivity (Wildman–Crippen MR) is 61.1 cm³/mol. The first kappa shape index (κ1) is 12.1. The van der Waals surface area contributed by atoms with E-state index < -0.39 is 5.54 Å². The summed E-state index contributed by atoms with van der Waals surface area (Å²) in [6, 6.07) is -0.163. The molecule has 1 saturated carbocycles. The normalized spacial score (nSPS) is 20.6. The number of carbonyl (C=O) groups is 1. The molecule has 3 nitrogen and oxygen atoms in total. The summed E-state index contributed by atoms with van der Waals surface area (Å²) in [5, 5.41) is 2.85. The number of carbonyl (C=O) groups excluding carboxylic acids is 1. The molecule has 1 rings (SSSR count). The Morgan fingerprint density at radius 3 is 2.67 bits per heavy atom. The van der Waals surface area contributed by atoms with E-state index >= 15 is 0 Å². The first-order valence-electron chi connectivity index (χ1n) is 5.68. The Morgan fingerprint density at radius 1 is 1.60 bits per heavy atom. The molecule has 0 aromatic carbocycles. The summed E-state index contributed by atoms with van der Waals surface area (Å²) in [4.78, 5) is 11.9. The molecule has 1 aliphatic rings. The second kappa shape index (κ2) is 5.18. The van der Waals surface area contributed by atoms with Gasteiger partial charge in [0.05, 0.1) is 11.6 Å². The highest BCUT2D eigenvalue weighted by atomic mass is 16.2. The molecule has 3 heteroatoms. The second-order valence-corrected chi connectivity index (χ2v) is 4.34. The molecular weight excluding hydrogens is 188 g/mol. The van der Waals surface area contributed by atoms with Crippen LogP contribution in [0.2, 0.25) is 0 Å². The Kier molecular flexibility index (Phi) is 4.16. The summed E-state index contributed by atoms with van der Waals surface area (Å²) in [7, 11) is 0. The van der Waals surface area contributed by atoms with Gasteiger partial charge in [-0.3, -0.25) is 4.79 Å². The van der Waals surface area contributed by atoms with Crippen LogP contribution in [0, 0.1) is 12.3 Å². The molecule has 1 aliphatic carbocycles. The van der Waals surface area contributed by atoms with Crippen LogP contribution in [-0.2, 0) is 4.79 Å². The molecule has 1 atom stereocenters. The number of nitrogens with one attached hydrogen (secondary N) is 1. The van der Waals surface area contributed by atoms with Gasteiger partial charge >= 0.3 is 0 Å². The highest BCUT2D eigenvalue weighted by molar-refractivity contribution is 5.86. The molecule has 1 fully saturated rings. The molecule has 1 unspecified atom stereocenters. The van der Waals surface area contributed by atoms with Gasteiger partial charge in [0.2, 0.25) is 5.91 Å². The largest absolute Gasteiger partial charge is 0.341 e. The predicted octanol–water partition coefficient (Wildman–Crippen LogP) is 1.18. The van der Waals surface area contributed by atoms with Gasteiger partial charge in [-0.15, -0.1) is 6.42 Å². The van der Waals surface area contributed by atoms with Gasteiger partial charge in [-0.1, -0.05) is 32.1 Å². The minimum absolute atomic E-state index is 0.0728. The molecule has 84 valence electrons. The van der Waals surface area contributed by atoms with Gasteiger partial charge in [0.1, 0.15) is 0 Å². The number of hydrogen-bond acceptors (Lipinski definition) is 2. The fraction of sp³-hybridized carbons (Fsp3) is 0.750. The summed E-state index contributed by atoms with van der Waals surface area (Å²) in [6.45, 7) is 2.05. The Morgan fingerprint density at radius 2 is 2.20 bits per heavy atom. The number of terminal acetylenes is 1. The summed E-state index contributed by atoms with van der Waals surface area (Å²) in [5.74, 6) is 2.51. The lowest BCUT2D eigenvalue weighted by molar-refractivity contribution is -0.126. The van der Waals surface area contributed by atoms with Crippen LogP contribution >= 0.6 is 0 Å². The van der Waals surface area contributed by atoms with Crippen LogP contribution in [-0.4, -0.2) is 17.5 Å². The lowest BCUT2D eigenvalue weighted by Gasteiger charge is -2.24.